The molecule has 1 saturated heterocycles. The molecule has 1 saturated carbocycles. The summed E-state index contributed by atoms with van der Waals surface area (Å²) < 4.78 is 5.42. The smallest absolute Gasteiger partial charge is 0.0594 e. The van der Waals surface area contributed by atoms with Gasteiger partial charge in [0.05, 0.1) is 13.2 Å². The van der Waals surface area contributed by atoms with Crippen LogP contribution in [0.15, 0.2) is 0 Å². The summed E-state index contributed by atoms with van der Waals surface area (Å²) in [7, 11) is 0. The summed E-state index contributed by atoms with van der Waals surface area (Å²) in [6, 6.07) is 0.835. The highest BCUT2D eigenvalue weighted by Crippen LogP contribution is 2.45. The third kappa shape index (κ3) is 2.36. The fourth-order valence-electron chi connectivity index (χ4n) is 3.02. The molecule has 2 aliphatic rings. The molecule has 2 nitrogen and oxygen atoms in total. The van der Waals surface area contributed by atoms with E-state index in [0.717, 1.165) is 38.3 Å². The maximum Gasteiger partial charge on any atom is 0.0594 e. The molecule has 0 bridgehead atoms. The third-order valence-corrected chi connectivity index (χ3v) is 4.71. The van der Waals surface area contributed by atoms with Crippen molar-refractivity contribution in [3.63, 3.8) is 0 Å². The molecule has 2 rings (SSSR count). The number of ether oxygens (including phenoxy) is 1. The lowest BCUT2D eigenvalue weighted by atomic mass is 9.77. The Bertz CT molecular complexity index is 211. The van der Waals surface area contributed by atoms with Crippen LogP contribution in [0.3, 0.4) is 0 Å². The molecule has 0 aromatic heterocycles. The van der Waals surface area contributed by atoms with Gasteiger partial charge in [-0.05, 0) is 30.6 Å². The Morgan fingerprint density at radius 3 is 2.47 bits per heavy atom. The molecule has 0 amide bonds. The minimum absolute atomic E-state index is 0.586. The molecule has 2 unspecified atom stereocenters. The normalized spacial score (nSPS) is 38.8. The summed E-state index contributed by atoms with van der Waals surface area (Å²) in [6.07, 6.45) is 4.20. The Morgan fingerprint density at radius 1 is 1.27 bits per heavy atom. The van der Waals surface area contributed by atoms with Gasteiger partial charge in [-0.25, -0.2) is 0 Å². The summed E-state index contributed by atoms with van der Waals surface area (Å²) in [5.74, 6) is 0.823. The Morgan fingerprint density at radius 2 is 1.93 bits per heavy atom. The average Bonchev–Trinajstić information content (AvgIpc) is 2.64. The van der Waals surface area contributed by atoms with E-state index in [0.29, 0.717) is 5.41 Å². The Kier molecular flexibility index (Phi) is 3.36. The van der Waals surface area contributed by atoms with Crippen molar-refractivity contribution >= 4 is 0 Å². The van der Waals surface area contributed by atoms with E-state index < -0.39 is 0 Å². The van der Waals surface area contributed by atoms with Gasteiger partial charge < -0.3 is 4.74 Å². The van der Waals surface area contributed by atoms with Crippen LogP contribution >= 0.6 is 0 Å². The number of nitrogens with zero attached hydrogens (tertiary/aromatic N) is 1. The molecule has 2 atom stereocenters. The third-order valence-electron chi connectivity index (χ3n) is 4.71. The number of hydrogen-bond donors (Lipinski definition) is 0. The second-order valence-corrected chi connectivity index (χ2v) is 5.85. The van der Waals surface area contributed by atoms with E-state index >= 15 is 0 Å². The van der Waals surface area contributed by atoms with Crippen LogP contribution in [0.2, 0.25) is 0 Å². The zero-order valence-corrected chi connectivity index (χ0v) is 10.5. The van der Waals surface area contributed by atoms with Crippen LogP contribution in [0.1, 0.15) is 40.0 Å². The van der Waals surface area contributed by atoms with Crippen molar-refractivity contribution in [1.82, 2.24) is 4.90 Å². The van der Waals surface area contributed by atoms with Gasteiger partial charge in [-0.15, -0.1) is 0 Å². The summed E-state index contributed by atoms with van der Waals surface area (Å²) >= 11 is 0. The summed E-state index contributed by atoms with van der Waals surface area (Å²) in [5.41, 5.74) is 0.586. The van der Waals surface area contributed by atoms with Crippen LogP contribution in [-0.2, 0) is 4.74 Å². The highest BCUT2D eigenvalue weighted by molar-refractivity contribution is 4.92. The van der Waals surface area contributed by atoms with E-state index in [1.807, 2.05) is 0 Å². The quantitative estimate of drug-likeness (QED) is 0.696. The number of rotatable bonds is 2. The van der Waals surface area contributed by atoms with Gasteiger partial charge in [0.2, 0.25) is 0 Å². The van der Waals surface area contributed by atoms with E-state index in [4.69, 9.17) is 4.74 Å². The lowest BCUT2D eigenvalue weighted by Crippen LogP contribution is -2.43. The Balaban J connectivity index is 1.91. The molecule has 0 aromatic rings. The zero-order valence-electron chi connectivity index (χ0n) is 10.5. The highest BCUT2D eigenvalue weighted by atomic mass is 16.5. The van der Waals surface area contributed by atoms with Crippen molar-refractivity contribution in [3.05, 3.63) is 0 Å². The standard InChI is InChI=1S/C13H25NO/c1-11(2)13(3)5-4-12(10-13)14-6-8-15-9-7-14/h11-12H,4-10H2,1-3H3. The largest absolute Gasteiger partial charge is 0.379 e. The topological polar surface area (TPSA) is 12.5 Å². The maximum atomic E-state index is 5.42. The first-order valence-electron chi connectivity index (χ1n) is 6.43. The molecule has 2 heteroatoms. The van der Waals surface area contributed by atoms with E-state index in [-0.39, 0.29) is 0 Å². The molecule has 2 fully saturated rings. The van der Waals surface area contributed by atoms with Crippen LogP contribution < -0.4 is 0 Å². The SMILES string of the molecule is CC(C)C1(C)CCC(N2CCOCC2)C1. The average molecular weight is 211 g/mol. The van der Waals surface area contributed by atoms with Gasteiger partial charge in [0.25, 0.3) is 0 Å². The molecule has 15 heavy (non-hydrogen) atoms. The molecule has 0 N–H and O–H groups in total. The van der Waals surface area contributed by atoms with Crippen molar-refractivity contribution in [2.45, 2.75) is 46.1 Å². The second kappa shape index (κ2) is 4.42. The zero-order chi connectivity index (χ0) is 10.9. The highest BCUT2D eigenvalue weighted by Gasteiger charge is 2.39. The van der Waals surface area contributed by atoms with Crippen molar-refractivity contribution in [2.75, 3.05) is 26.3 Å². The summed E-state index contributed by atoms with van der Waals surface area (Å²) in [5, 5.41) is 0. The predicted molar refractivity (Wildman–Crippen MR) is 63.0 cm³/mol. The van der Waals surface area contributed by atoms with Crippen LogP contribution in [0.4, 0.5) is 0 Å². The molecular formula is C13H25NO. The first-order chi connectivity index (χ1) is 7.12. The van der Waals surface area contributed by atoms with E-state index in [9.17, 15) is 0 Å². The first kappa shape index (κ1) is 11.4. The monoisotopic (exact) mass is 211 g/mol. The van der Waals surface area contributed by atoms with Gasteiger partial charge in [-0.3, -0.25) is 4.90 Å². The van der Waals surface area contributed by atoms with Crippen molar-refractivity contribution in [3.8, 4) is 0 Å². The minimum atomic E-state index is 0.586. The summed E-state index contributed by atoms with van der Waals surface area (Å²) in [6.45, 7) is 11.4. The molecule has 1 aliphatic heterocycles. The maximum absolute atomic E-state index is 5.42. The summed E-state index contributed by atoms with van der Waals surface area (Å²) in [4.78, 5) is 2.65. The van der Waals surface area contributed by atoms with E-state index in [2.05, 4.69) is 25.7 Å². The van der Waals surface area contributed by atoms with Crippen LogP contribution in [0.25, 0.3) is 0 Å². The fraction of sp³-hybridized carbons (Fsp3) is 1.00. The molecular weight excluding hydrogens is 186 g/mol. The van der Waals surface area contributed by atoms with Crippen LogP contribution in [0.5, 0.6) is 0 Å². The van der Waals surface area contributed by atoms with Crippen molar-refractivity contribution in [1.29, 1.82) is 0 Å². The van der Waals surface area contributed by atoms with Gasteiger partial charge in [-0.1, -0.05) is 20.8 Å². The second-order valence-electron chi connectivity index (χ2n) is 5.85. The minimum Gasteiger partial charge on any atom is -0.379 e. The van der Waals surface area contributed by atoms with Crippen LogP contribution in [-0.4, -0.2) is 37.2 Å². The fourth-order valence-corrected chi connectivity index (χ4v) is 3.02. The van der Waals surface area contributed by atoms with Crippen molar-refractivity contribution < 1.29 is 4.74 Å². The van der Waals surface area contributed by atoms with Gasteiger partial charge in [0.1, 0.15) is 0 Å². The molecule has 88 valence electrons. The van der Waals surface area contributed by atoms with E-state index in [1.165, 1.54) is 19.3 Å². The molecule has 0 radical (unpaired) electrons. The molecule has 0 aromatic carbocycles. The molecule has 0 spiro atoms. The van der Waals surface area contributed by atoms with Gasteiger partial charge in [0, 0.05) is 19.1 Å². The van der Waals surface area contributed by atoms with Crippen LogP contribution in [0, 0.1) is 11.3 Å². The lowest BCUT2D eigenvalue weighted by Gasteiger charge is -2.34. The van der Waals surface area contributed by atoms with Gasteiger partial charge in [-0.2, -0.15) is 0 Å². The van der Waals surface area contributed by atoms with Gasteiger partial charge in [0.15, 0.2) is 0 Å². The lowest BCUT2D eigenvalue weighted by molar-refractivity contribution is 0.0145. The Labute approximate surface area is 94.0 Å². The predicted octanol–water partition coefficient (Wildman–Crippen LogP) is 2.53. The first-order valence-corrected chi connectivity index (χ1v) is 6.43. The number of morpholine rings is 1. The van der Waals surface area contributed by atoms with Gasteiger partial charge >= 0.3 is 0 Å². The Hall–Kier alpha value is -0.0800. The van der Waals surface area contributed by atoms with E-state index in [1.54, 1.807) is 0 Å². The van der Waals surface area contributed by atoms with Crippen molar-refractivity contribution in [2.24, 2.45) is 11.3 Å². The number of hydrogen-bond acceptors (Lipinski definition) is 2. The molecule has 1 heterocycles. The molecule has 1 aliphatic carbocycles.